The fourth-order valence-electron chi connectivity index (χ4n) is 1.99. The average molecular weight is 423 g/mol. The smallest absolute Gasteiger partial charge is 0.257 e. The van der Waals surface area contributed by atoms with Crippen LogP contribution in [-0.4, -0.2) is 30.8 Å². The van der Waals surface area contributed by atoms with Crippen LogP contribution in [0, 0.1) is 0 Å². The Labute approximate surface area is 160 Å². The zero-order valence-corrected chi connectivity index (χ0v) is 16.2. The van der Waals surface area contributed by atoms with E-state index in [2.05, 4.69) is 26.6 Å². The van der Waals surface area contributed by atoms with Crippen molar-refractivity contribution in [2.45, 2.75) is 6.92 Å². The molecule has 5 nitrogen and oxygen atoms in total. The number of carbonyl (C=O) groups excluding carboxylic acids is 1. The summed E-state index contributed by atoms with van der Waals surface area (Å²) in [6, 6.07) is 14.4. The molecule has 2 rings (SSSR count). The van der Waals surface area contributed by atoms with Gasteiger partial charge in [-0.25, -0.2) is 0 Å². The normalized spacial score (nSPS) is 10.2. The summed E-state index contributed by atoms with van der Waals surface area (Å²) < 4.78 is 11.7. The topological polar surface area (TPSA) is 59.6 Å². The molecule has 25 heavy (non-hydrogen) atoms. The highest BCUT2D eigenvalue weighted by molar-refractivity contribution is 9.10. The van der Waals surface area contributed by atoms with Crippen LogP contribution in [0.1, 0.15) is 17.3 Å². The maximum Gasteiger partial charge on any atom is 0.257 e. The summed E-state index contributed by atoms with van der Waals surface area (Å²) in [5, 5.41) is 5.85. The molecule has 0 aromatic heterocycles. The van der Waals surface area contributed by atoms with Crippen molar-refractivity contribution in [2.24, 2.45) is 0 Å². The first-order valence-electron chi connectivity index (χ1n) is 7.77. The van der Waals surface area contributed by atoms with Gasteiger partial charge in [0.2, 0.25) is 0 Å². The lowest BCUT2D eigenvalue weighted by molar-refractivity contribution is 0.0977. The van der Waals surface area contributed by atoms with Crippen LogP contribution in [0.3, 0.4) is 0 Å². The SMILES string of the molecule is CCOCCOc1cccc(NC(=S)NC(=O)c2cccc(Br)c2)c1. The van der Waals surface area contributed by atoms with Crippen molar-refractivity contribution >= 4 is 44.9 Å². The summed E-state index contributed by atoms with van der Waals surface area (Å²) in [4.78, 5) is 12.2. The van der Waals surface area contributed by atoms with Gasteiger partial charge in [0.15, 0.2) is 5.11 Å². The van der Waals surface area contributed by atoms with Gasteiger partial charge in [-0.3, -0.25) is 10.1 Å². The predicted molar refractivity (Wildman–Crippen MR) is 106 cm³/mol. The van der Waals surface area contributed by atoms with Gasteiger partial charge in [0, 0.05) is 28.4 Å². The molecule has 0 heterocycles. The van der Waals surface area contributed by atoms with E-state index in [0.29, 0.717) is 31.1 Å². The van der Waals surface area contributed by atoms with Crippen LogP contribution in [0.15, 0.2) is 53.0 Å². The minimum absolute atomic E-state index is 0.219. The van der Waals surface area contributed by atoms with Crippen LogP contribution in [-0.2, 0) is 4.74 Å². The van der Waals surface area contributed by atoms with Crippen molar-refractivity contribution in [3.8, 4) is 5.75 Å². The highest BCUT2D eigenvalue weighted by Crippen LogP contribution is 2.17. The van der Waals surface area contributed by atoms with Gasteiger partial charge >= 0.3 is 0 Å². The number of halogens is 1. The molecule has 0 aliphatic heterocycles. The van der Waals surface area contributed by atoms with Gasteiger partial charge in [0.25, 0.3) is 5.91 Å². The summed E-state index contributed by atoms with van der Waals surface area (Å²) in [6.45, 7) is 3.61. The molecule has 0 atom stereocenters. The number of hydrogen-bond donors (Lipinski definition) is 2. The van der Waals surface area contributed by atoms with Crippen LogP contribution in [0.25, 0.3) is 0 Å². The maximum atomic E-state index is 12.2. The lowest BCUT2D eigenvalue weighted by Crippen LogP contribution is -2.34. The number of benzene rings is 2. The van der Waals surface area contributed by atoms with Crippen LogP contribution in [0.4, 0.5) is 5.69 Å². The molecule has 0 aliphatic carbocycles. The molecule has 0 saturated carbocycles. The summed E-state index contributed by atoms with van der Waals surface area (Å²) in [6.07, 6.45) is 0. The number of hydrogen-bond acceptors (Lipinski definition) is 4. The van der Waals surface area contributed by atoms with Crippen LogP contribution < -0.4 is 15.4 Å². The number of carbonyl (C=O) groups is 1. The van der Waals surface area contributed by atoms with Crippen molar-refractivity contribution < 1.29 is 14.3 Å². The standard InChI is InChI=1S/C18H19BrN2O3S/c1-2-23-9-10-24-16-8-4-7-15(12-16)20-18(25)21-17(22)13-5-3-6-14(19)11-13/h3-8,11-12H,2,9-10H2,1H3,(H2,20,21,22,25). The molecular weight excluding hydrogens is 404 g/mol. The molecule has 132 valence electrons. The van der Waals surface area contributed by atoms with Crippen molar-refractivity contribution in [3.63, 3.8) is 0 Å². The third-order valence-corrected chi connectivity index (χ3v) is 3.80. The Hall–Kier alpha value is -1.96. The van der Waals surface area contributed by atoms with Crippen molar-refractivity contribution in [3.05, 3.63) is 58.6 Å². The lowest BCUT2D eigenvalue weighted by Gasteiger charge is -2.11. The first kappa shape index (κ1) is 19.4. The van der Waals surface area contributed by atoms with E-state index in [1.165, 1.54) is 0 Å². The van der Waals surface area contributed by atoms with Gasteiger partial charge in [0.05, 0.1) is 6.61 Å². The van der Waals surface area contributed by atoms with E-state index in [9.17, 15) is 4.79 Å². The summed E-state index contributed by atoms with van der Waals surface area (Å²) >= 11 is 8.53. The maximum absolute atomic E-state index is 12.2. The van der Waals surface area contributed by atoms with Gasteiger partial charge in [0.1, 0.15) is 12.4 Å². The van der Waals surface area contributed by atoms with E-state index >= 15 is 0 Å². The molecule has 0 aliphatic rings. The molecule has 0 fully saturated rings. The van der Waals surface area contributed by atoms with Gasteiger partial charge in [-0.1, -0.05) is 28.1 Å². The third-order valence-electron chi connectivity index (χ3n) is 3.11. The average Bonchev–Trinajstić information content (AvgIpc) is 2.59. The molecule has 2 aromatic carbocycles. The Bertz CT molecular complexity index is 740. The van der Waals surface area contributed by atoms with Gasteiger partial charge in [-0.05, 0) is 49.5 Å². The number of nitrogens with one attached hydrogen (secondary N) is 2. The quantitative estimate of drug-likeness (QED) is 0.521. The zero-order chi connectivity index (χ0) is 18.1. The molecule has 2 aromatic rings. The third kappa shape index (κ3) is 6.81. The molecule has 0 radical (unpaired) electrons. The summed E-state index contributed by atoms with van der Waals surface area (Å²) in [5.74, 6) is 0.425. The second-order valence-corrected chi connectivity index (χ2v) is 6.32. The molecule has 7 heteroatoms. The molecular formula is C18H19BrN2O3S. The fraction of sp³-hybridized carbons (Fsp3) is 0.222. The van der Waals surface area contributed by atoms with E-state index in [1.54, 1.807) is 18.2 Å². The summed E-state index contributed by atoms with van der Waals surface area (Å²) in [5.41, 5.74) is 1.25. The minimum Gasteiger partial charge on any atom is -0.491 e. The Kier molecular flexibility index (Phi) is 7.84. The Morgan fingerprint density at radius 2 is 1.96 bits per heavy atom. The lowest BCUT2D eigenvalue weighted by atomic mass is 10.2. The highest BCUT2D eigenvalue weighted by Gasteiger charge is 2.08. The van der Waals surface area contributed by atoms with Crippen molar-refractivity contribution in [1.29, 1.82) is 0 Å². The van der Waals surface area contributed by atoms with E-state index in [4.69, 9.17) is 21.7 Å². The second-order valence-electron chi connectivity index (χ2n) is 4.99. The second kappa shape index (κ2) is 10.1. The Morgan fingerprint density at radius 1 is 1.16 bits per heavy atom. The monoisotopic (exact) mass is 422 g/mol. The summed E-state index contributed by atoms with van der Waals surface area (Å²) in [7, 11) is 0. The Balaban J connectivity index is 1.88. The van der Waals surface area contributed by atoms with Gasteiger partial charge in [-0.2, -0.15) is 0 Å². The molecule has 0 saturated heterocycles. The Morgan fingerprint density at radius 3 is 2.72 bits per heavy atom. The minimum atomic E-state index is -0.275. The molecule has 0 bridgehead atoms. The van der Waals surface area contributed by atoms with Crippen LogP contribution >= 0.6 is 28.1 Å². The zero-order valence-electron chi connectivity index (χ0n) is 13.8. The largest absolute Gasteiger partial charge is 0.491 e. The van der Waals surface area contributed by atoms with Gasteiger partial charge < -0.3 is 14.8 Å². The number of anilines is 1. The van der Waals surface area contributed by atoms with Crippen LogP contribution in [0.5, 0.6) is 5.75 Å². The number of ether oxygens (including phenoxy) is 2. The predicted octanol–water partition coefficient (Wildman–Crippen LogP) is 3.99. The molecule has 1 amide bonds. The number of rotatable bonds is 7. The first-order chi connectivity index (χ1) is 12.1. The van der Waals surface area contributed by atoms with Crippen LogP contribution in [0.2, 0.25) is 0 Å². The molecule has 2 N–H and O–H groups in total. The number of thiocarbonyl (C=S) groups is 1. The first-order valence-corrected chi connectivity index (χ1v) is 8.97. The van der Waals surface area contributed by atoms with Gasteiger partial charge in [-0.15, -0.1) is 0 Å². The van der Waals surface area contributed by atoms with E-state index in [-0.39, 0.29) is 11.0 Å². The highest BCUT2D eigenvalue weighted by atomic mass is 79.9. The molecule has 0 unspecified atom stereocenters. The fourth-order valence-corrected chi connectivity index (χ4v) is 2.60. The van der Waals surface area contributed by atoms with E-state index in [1.807, 2.05) is 37.3 Å². The van der Waals surface area contributed by atoms with Crippen molar-refractivity contribution in [2.75, 3.05) is 25.1 Å². The number of amides is 1. The molecule has 0 spiro atoms. The van der Waals surface area contributed by atoms with E-state index < -0.39 is 0 Å². The van der Waals surface area contributed by atoms with Crippen molar-refractivity contribution in [1.82, 2.24) is 5.32 Å². The van der Waals surface area contributed by atoms with E-state index in [0.717, 1.165) is 10.2 Å².